The van der Waals surface area contributed by atoms with E-state index in [-0.39, 0.29) is 23.9 Å². The molecule has 1 amide bonds. The van der Waals surface area contributed by atoms with Crippen LogP contribution in [-0.4, -0.2) is 55.2 Å². The molecule has 0 saturated carbocycles. The highest BCUT2D eigenvalue weighted by molar-refractivity contribution is 5.94. The standard InChI is InChI=1S/C21H25FN4O2/c1-28-19-8-7-16(13-17(19)22)21(27)26-11-9-25(10-12-26)20-14-18(23-24-20)15-5-3-2-4-6-15/h2-8,13,18,20,23-24H,9-12,14H2,1H3. The van der Waals surface area contributed by atoms with Crippen LogP contribution in [-0.2, 0) is 0 Å². The average Bonchev–Trinajstić information content (AvgIpc) is 3.24. The minimum absolute atomic E-state index is 0.138. The molecule has 2 aliphatic rings. The molecule has 0 aliphatic carbocycles. The van der Waals surface area contributed by atoms with Crippen LogP contribution in [0.5, 0.6) is 5.75 Å². The predicted octanol–water partition coefficient (Wildman–Crippen LogP) is 2.16. The van der Waals surface area contributed by atoms with E-state index in [1.807, 2.05) is 6.07 Å². The highest BCUT2D eigenvalue weighted by Gasteiger charge is 2.32. The number of nitrogens with one attached hydrogen (secondary N) is 2. The number of methoxy groups -OCH3 is 1. The highest BCUT2D eigenvalue weighted by atomic mass is 19.1. The molecular weight excluding hydrogens is 359 g/mol. The summed E-state index contributed by atoms with van der Waals surface area (Å²) >= 11 is 0. The topological polar surface area (TPSA) is 56.8 Å². The van der Waals surface area contributed by atoms with Crippen LogP contribution < -0.4 is 15.6 Å². The number of rotatable bonds is 4. The summed E-state index contributed by atoms with van der Waals surface area (Å²) in [5.41, 5.74) is 8.38. The van der Waals surface area contributed by atoms with Crippen molar-refractivity contribution in [3.05, 3.63) is 65.5 Å². The van der Waals surface area contributed by atoms with Crippen LogP contribution in [0.4, 0.5) is 4.39 Å². The van der Waals surface area contributed by atoms with Crippen LogP contribution >= 0.6 is 0 Å². The molecule has 7 heteroatoms. The lowest BCUT2D eigenvalue weighted by molar-refractivity contribution is 0.0544. The smallest absolute Gasteiger partial charge is 0.254 e. The van der Waals surface area contributed by atoms with Gasteiger partial charge < -0.3 is 9.64 Å². The van der Waals surface area contributed by atoms with Gasteiger partial charge in [0, 0.05) is 37.8 Å². The molecule has 2 heterocycles. The number of amides is 1. The molecule has 0 radical (unpaired) electrons. The molecule has 28 heavy (non-hydrogen) atoms. The Morgan fingerprint density at radius 3 is 2.50 bits per heavy atom. The van der Waals surface area contributed by atoms with Gasteiger partial charge in [-0.05, 0) is 30.2 Å². The lowest BCUT2D eigenvalue weighted by Crippen LogP contribution is -2.55. The molecule has 2 saturated heterocycles. The summed E-state index contributed by atoms with van der Waals surface area (Å²) in [4.78, 5) is 16.8. The summed E-state index contributed by atoms with van der Waals surface area (Å²) in [6.07, 6.45) is 1.21. The van der Waals surface area contributed by atoms with Crippen molar-refractivity contribution in [1.82, 2.24) is 20.7 Å². The van der Waals surface area contributed by atoms with Crippen LogP contribution in [0.15, 0.2) is 48.5 Å². The second kappa shape index (κ2) is 8.26. The van der Waals surface area contributed by atoms with E-state index < -0.39 is 5.82 Å². The van der Waals surface area contributed by atoms with Crippen LogP contribution in [0.3, 0.4) is 0 Å². The average molecular weight is 384 g/mol. The minimum atomic E-state index is -0.514. The first kappa shape index (κ1) is 18.9. The van der Waals surface area contributed by atoms with Gasteiger partial charge in [-0.2, -0.15) is 0 Å². The minimum Gasteiger partial charge on any atom is -0.494 e. The second-order valence-electron chi connectivity index (χ2n) is 7.18. The number of ether oxygens (including phenoxy) is 1. The fourth-order valence-electron chi connectivity index (χ4n) is 3.90. The van der Waals surface area contributed by atoms with E-state index >= 15 is 0 Å². The summed E-state index contributed by atoms with van der Waals surface area (Å²) in [6, 6.07) is 15.0. The molecule has 6 nitrogen and oxygen atoms in total. The first-order valence-corrected chi connectivity index (χ1v) is 9.58. The van der Waals surface area contributed by atoms with E-state index in [1.54, 1.807) is 11.0 Å². The van der Waals surface area contributed by atoms with E-state index in [9.17, 15) is 9.18 Å². The first-order chi connectivity index (χ1) is 13.7. The fraction of sp³-hybridized carbons (Fsp3) is 0.381. The Labute approximate surface area is 164 Å². The SMILES string of the molecule is COc1ccc(C(=O)N2CCN(C3CC(c4ccccc4)NN3)CC2)cc1F. The number of hydrazine groups is 1. The zero-order valence-electron chi connectivity index (χ0n) is 15.9. The van der Waals surface area contributed by atoms with Gasteiger partial charge >= 0.3 is 0 Å². The maximum atomic E-state index is 13.9. The van der Waals surface area contributed by atoms with Crippen molar-refractivity contribution >= 4 is 5.91 Å². The van der Waals surface area contributed by atoms with Gasteiger partial charge in [-0.15, -0.1) is 0 Å². The number of benzene rings is 2. The molecule has 2 aromatic rings. The van der Waals surface area contributed by atoms with Gasteiger partial charge in [0.15, 0.2) is 11.6 Å². The third-order valence-corrected chi connectivity index (χ3v) is 5.53. The number of halogens is 1. The Morgan fingerprint density at radius 1 is 1.07 bits per heavy atom. The third kappa shape index (κ3) is 3.87. The van der Waals surface area contributed by atoms with Crippen LogP contribution in [0.2, 0.25) is 0 Å². The van der Waals surface area contributed by atoms with Gasteiger partial charge in [0.05, 0.1) is 13.3 Å². The van der Waals surface area contributed by atoms with Crippen molar-refractivity contribution in [2.24, 2.45) is 0 Å². The Kier molecular flexibility index (Phi) is 5.57. The fourth-order valence-corrected chi connectivity index (χ4v) is 3.90. The Bertz CT molecular complexity index is 824. The molecule has 0 spiro atoms. The Morgan fingerprint density at radius 2 is 1.82 bits per heavy atom. The quantitative estimate of drug-likeness (QED) is 0.846. The van der Waals surface area contributed by atoms with Crippen molar-refractivity contribution < 1.29 is 13.9 Å². The number of hydrogen-bond donors (Lipinski definition) is 2. The van der Waals surface area contributed by atoms with Gasteiger partial charge in [0.2, 0.25) is 0 Å². The zero-order valence-corrected chi connectivity index (χ0v) is 15.9. The summed E-state index contributed by atoms with van der Waals surface area (Å²) in [5.74, 6) is -0.504. The number of carbonyl (C=O) groups is 1. The lowest BCUT2D eigenvalue weighted by atomic mass is 10.0. The maximum absolute atomic E-state index is 13.9. The van der Waals surface area contributed by atoms with Crippen molar-refractivity contribution in [2.75, 3.05) is 33.3 Å². The molecule has 2 unspecified atom stereocenters. The molecule has 2 aromatic carbocycles. The zero-order chi connectivity index (χ0) is 19.5. The number of hydrogen-bond acceptors (Lipinski definition) is 5. The molecule has 2 N–H and O–H groups in total. The van der Waals surface area contributed by atoms with Gasteiger partial charge in [-0.3, -0.25) is 9.69 Å². The highest BCUT2D eigenvalue weighted by Crippen LogP contribution is 2.25. The number of piperazine rings is 1. The number of carbonyl (C=O) groups excluding carboxylic acids is 1. The molecule has 148 valence electrons. The summed E-state index contributed by atoms with van der Waals surface area (Å²) in [7, 11) is 1.41. The molecule has 4 rings (SSSR count). The summed E-state index contributed by atoms with van der Waals surface area (Å²) < 4.78 is 18.8. The van der Waals surface area contributed by atoms with E-state index in [4.69, 9.17) is 4.74 Å². The molecule has 2 atom stereocenters. The molecule has 2 aliphatic heterocycles. The number of nitrogens with zero attached hydrogens (tertiary/aromatic N) is 2. The lowest BCUT2D eigenvalue weighted by Gasteiger charge is -2.37. The van der Waals surface area contributed by atoms with Crippen molar-refractivity contribution in [3.8, 4) is 5.75 Å². The van der Waals surface area contributed by atoms with E-state index in [1.165, 1.54) is 24.8 Å². The third-order valence-electron chi connectivity index (χ3n) is 5.53. The normalized spacial score (nSPS) is 23.0. The van der Waals surface area contributed by atoms with E-state index in [0.717, 1.165) is 19.5 Å². The molecule has 0 bridgehead atoms. The van der Waals surface area contributed by atoms with Gasteiger partial charge in [0.1, 0.15) is 0 Å². The molecule has 2 fully saturated rings. The van der Waals surface area contributed by atoms with Crippen molar-refractivity contribution in [1.29, 1.82) is 0 Å². The Hall–Kier alpha value is -2.48. The first-order valence-electron chi connectivity index (χ1n) is 9.58. The van der Waals surface area contributed by atoms with Crippen LogP contribution in [0.1, 0.15) is 28.4 Å². The molecular formula is C21H25FN4O2. The predicted molar refractivity (Wildman–Crippen MR) is 104 cm³/mol. The largest absolute Gasteiger partial charge is 0.494 e. The van der Waals surface area contributed by atoms with Gasteiger partial charge in [0.25, 0.3) is 5.91 Å². The second-order valence-corrected chi connectivity index (χ2v) is 7.18. The summed E-state index contributed by atoms with van der Waals surface area (Å²) in [6.45, 7) is 2.82. The summed E-state index contributed by atoms with van der Waals surface area (Å²) in [5, 5.41) is 0. The Balaban J connectivity index is 1.32. The van der Waals surface area contributed by atoms with Crippen molar-refractivity contribution in [2.45, 2.75) is 18.6 Å². The van der Waals surface area contributed by atoms with E-state index in [0.29, 0.717) is 18.7 Å². The molecule has 0 aromatic heterocycles. The maximum Gasteiger partial charge on any atom is 0.254 e. The van der Waals surface area contributed by atoms with Crippen LogP contribution in [0.25, 0.3) is 0 Å². The van der Waals surface area contributed by atoms with Crippen molar-refractivity contribution in [3.63, 3.8) is 0 Å². The monoisotopic (exact) mass is 384 g/mol. The van der Waals surface area contributed by atoms with Gasteiger partial charge in [-0.1, -0.05) is 30.3 Å². The van der Waals surface area contributed by atoms with E-state index in [2.05, 4.69) is 40.0 Å². The van der Waals surface area contributed by atoms with Crippen LogP contribution in [0, 0.1) is 5.82 Å². The van der Waals surface area contributed by atoms with Gasteiger partial charge in [-0.25, -0.2) is 15.2 Å².